The Kier molecular flexibility index (Phi) is 4.94. The number of halogens is 2. The number of nitrogens with zero attached hydrogens (tertiary/aromatic N) is 3. The molecule has 3 fully saturated rings. The van der Waals surface area contributed by atoms with Gasteiger partial charge in [0.25, 0.3) is 11.8 Å². The number of rotatable bonds is 2. The molecule has 2 aromatic rings. The third-order valence-electron chi connectivity index (χ3n) is 6.74. The van der Waals surface area contributed by atoms with E-state index in [1.165, 1.54) is 24.3 Å². The Morgan fingerprint density at radius 3 is 2.62 bits per heavy atom. The van der Waals surface area contributed by atoms with Crippen molar-refractivity contribution in [3.8, 4) is 6.07 Å². The number of ether oxygens (including phenoxy) is 1. The topological polar surface area (TPSA) is 73.6 Å². The van der Waals surface area contributed by atoms with Crippen molar-refractivity contribution >= 4 is 11.8 Å². The molecule has 0 radical (unpaired) electrons. The van der Waals surface area contributed by atoms with Crippen LogP contribution in [0, 0.1) is 23.0 Å². The largest absolute Gasteiger partial charge is 0.342 e. The van der Waals surface area contributed by atoms with Crippen LogP contribution < -0.4 is 0 Å². The molecule has 3 aliphatic rings. The maximum atomic E-state index is 13.7. The molecule has 0 N–H and O–H groups in total. The highest BCUT2D eigenvalue weighted by Crippen LogP contribution is 2.47. The number of carbonyl (C=O) groups is 2. The minimum absolute atomic E-state index is 0.102. The normalized spacial score (nSPS) is 24.0. The zero-order valence-electron chi connectivity index (χ0n) is 17.3. The standard InChI is InChI=1S/C24H21F2N3O3/c25-18-3-1-2-15(13-18)20-6-7-21-29(20)23(31)24(32-21)8-10-28(11-9-24)22(30)16-4-5-19(26)17(12-16)14-27/h1-5,12-13,20-21H,6-11H2/t20-,21+/m0/s1. The molecule has 0 unspecified atom stereocenters. The average molecular weight is 437 g/mol. The Morgan fingerprint density at radius 1 is 1.12 bits per heavy atom. The number of hydrogen-bond donors (Lipinski definition) is 0. The molecule has 5 rings (SSSR count). The smallest absolute Gasteiger partial charge is 0.257 e. The molecule has 3 heterocycles. The third kappa shape index (κ3) is 3.24. The number of carbonyl (C=O) groups excluding carboxylic acids is 2. The van der Waals surface area contributed by atoms with Crippen molar-refractivity contribution in [2.24, 2.45) is 0 Å². The number of piperidine rings is 1. The number of fused-ring (bicyclic) bond motifs is 1. The first-order valence-electron chi connectivity index (χ1n) is 10.7. The van der Waals surface area contributed by atoms with Gasteiger partial charge in [-0.2, -0.15) is 5.26 Å². The second kappa shape index (κ2) is 7.68. The summed E-state index contributed by atoms with van der Waals surface area (Å²) in [5.41, 5.74) is -0.153. The van der Waals surface area contributed by atoms with Gasteiger partial charge in [0.05, 0.1) is 11.6 Å². The Hall–Kier alpha value is -3.31. The summed E-state index contributed by atoms with van der Waals surface area (Å²) in [5.74, 6) is -1.41. The van der Waals surface area contributed by atoms with Gasteiger partial charge < -0.3 is 14.5 Å². The Balaban J connectivity index is 1.30. The van der Waals surface area contributed by atoms with E-state index in [0.717, 1.165) is 11.6 Å². The van der Waals surface area contributed by atoms with Crippen LogP contribution in [0.3, 0.4) is 0 Å². The van der Waals surface area contributed by atoms with E-state index in [1.54, 1.807) is 21.9 Å². The molecule has 0 aromatic heterocycles. The van der Waals surface area contributed by atoms with E-state index in [4.69, 9.17) is 10.00 Å². The molecule has 8 heteroatoms. The van der Waals surface area contributed by atoms with Gasteiger partial charge in [-0.25, -0.2) is 8.78 Å². The van der Waals surface area contributed by atoms with E-state index in [1.807, 2.05) is 6.07 Å². The highest BCUT2D eigenvalue weighted by Gasteiger charge is 2.58. The SMILES string of the molecule is N#Cc1cc(C(=O)N2CCC3(CC2)O[C@@H]2CC[C@@H](c4cccc(F)c4)N2C3=O)ccc1F. The summed E-state index contributed by atoms with van der Waals surface area (Å²) in [6, 6.07) is 11.6. The van der Waals surface area contributed by atoms with Crippen molar-refractivity contribution in [3.05, 3.63) is 70.8 Å². The monoisotopic (exact) mass is 437 g/mol. The molecule has 2 aromatic carbocycles. The number of benzene rings is 2. The lowest BCUT2D eigenvalue weighted by molar-refractivity contribution is -0.142. The second-order valence-electron chi connectivity index (χ2n) is 8.53. The van der Waals surface area contributed by atoms with Crippen LogP contribution in [0.25, 0.3) is 0 Å². The molecule has 1 spiro atoms. The molecular formula is C24H21F2N3O3. The van der Waals surface area contributed by atoms with Crippen LogP contribution >= 0.6 is 0 Å². The molecule has 0 aliphatic carbocycles. The lowest BCUT2D eigenvalue weighted by atomic mass is 9.89. The summed E-state index contributed by atoms with van der Waals surface area (Å²) in [6.45, 7) is 0.629. The Morgan fingerprint density at radius 2 is 1.91 bits per heavy atom. The van der Waals surface area contributed by atoms with Crippen LogP contribution in [0.5, 0.6) is 0 Å². The molecule has 3 aliphatic heterocycles. The summed E-state index contributed by atoms with van der Waals surface area (Å²) < 4.78 is 33.6. The van der Waals surface area contributed by atoms with E-state index >= 15 is 0 Å². The fourth-order valence-electron chi connectivity index (χ4n) is 5.08. The number of likely N-dealkylation sites (tertiary alicyclic amines) is 1. The Bertz CT molecular complexity index is 1140. The zero-order chi connectivity index (χ0) is 22.5. The highest BCUT2D eigenvalue weighted by molar-refractivity contribution is 5.95. The van der Waals surface area contributed by atoms with Crippen LogP contribution in [0.4, 0.5) is 8.78 Å². The number of nitriles is 1. The quantitative estimate of drug-likeness (QED) is 0.721. The molecule has 2 amide bonds. The first-order valence-corrected chi connectivity index (χ1v) is 10.7. The van der Waals surface area contributed by atoms with Crippen LogP contribution in [-0.4, -0.2) is 46.5 Å². The van der Waals surface area contributed by atoms with Gasteiger partial charge in [-0.3, -0.25) is 9.59 Å². The average Bonchev–Trinajstić information content (AvgIpc) is 3.32. The van der Waals surface area contributed by atoms with Crippen LogP contribution in [0.15, 0.2) is 42.5 Å². The van der Waals surface area contributed by atoms with Crippen molar-refractivity contribution in [3.63, 3.8) is 0 Å². The number of hydrogen-bond acceptors (Lipinski definition) is 4. The first-order chi connectivity index (χ1) is 15.4. The number of amides is 2. The summed E-state index contributed by atoms with van der Waals surface area (Å²) in [7, 11) is 0. The lowest BCUT2D eigenvalue weighted by Crippen LogP contribution is -2.51. The van der Waals surface area contributed by atoms with Crippen molar-refractivity contribution < 1.29 is 23.1 Å². The van der Waals surface area contributed by atoms with E-state index in [2.05, 4.69) is 0 Å². The predicted octanol–water partition coefficient (Wildman–Crippen LogP) is 3.53. The molecule has 32 heavy (non-hydrogen) atoms. The first kappa shape index (κ1) is 20.6. The molecule has 0 saturated carbocycles. The second-order valence-corrected chi connectivity index (χ2v) is 8.53. The van der Waals surface area contributed by atoms with E-state index in [0.29, 0.717) is 38.8 Å². The summed E-state index contributed by atoms with van der Waals surface area (Å²) >= 11 is 0. The van der Waals surface area contributed by atoms with Crippen molar-refractivity contribution in [1.29, 1.82) is 5.26 Å². The molecular weight excluding hydrogens is 416 g/mol. The van der Waals surface area contributed by atoms with Crippen molar-refractivity contribution in [1.82, 2.24) is 9.80 Å². The van der Waals surface area contributed by atoms with E-state index < -0.39 is 11.4 Å². The minimum atomic E-state index is -0.978. The molecule has 164 valence electrons. The fraction of sp³-hybridized carbons (Fsp3) is 0.375. The fourth-order valence-corrected chi connectivity index (χ4v) is 5.08. The summed E-state index contributed by atoms with van der Waals surface area (Å²) in [5, 5.41) is 9.01. The summed E-state index contributed by atoms with van der Waals surface area (Å²) in [4.78, 5) is 29.6. The van der Waals surface area contributed by atoms with Gasteiger partial charge in [-0.05, 0) is 48.7 Å². The van der Waals surface area contributed by atoms with Crippen molar-refractivity contribution in [2.45, 2.75) is 43.6 Å². The van der Waals surface area contributed by atoms with Gasteiger partial charge >= 0.3 is 0 Å². The van der Waals surface area contributed by atoms with Gasteiger partial charge in [-0.1, -0.05) is 12.1 Å². The van der Waals surface area contributed by atoms with Gasteiger partial charge in [0, 0.05) is 31.5 Å². The molecule has 6 nitrogen and oxygen atoms in total. The minimum Gasteiger partial charge on any atom is -0.342 e. The van der Waals surface area contributed by atoms with E-state index in [-0.39, 0.29) is 41.0 Å². The van der Waals surface area contributed by atoms with Crippen molar-refractivity contribution in [2.75, 3.05) is 13.1 Å². The van der Waals surface area contributed by atoms with Crippen LogP contribution in [-0.2, 0) is 9.53 Å². The maximum absolute atomic E-state index is 13.7. The van der Waals surface area contributed by atoms with E-state index in [9.17, 15) is 18.4 Å². The Labute approximate surface area is 184 Å². The molecule has 2 atom stereocenters. The molecule has 3 saturated heterocycles. The van der Waals surface area contributed by atoms with Crippen LogP contribution in [0.1, 0.15) is 53.2 Å². The predicted molar refractivity (Wildman–Crippen MR) is 109 cm³/mol. The highest BCUT2D eigenvalue weighted by atomic mass is 19.1. The third-order valence-corrected chi connectivity index (χ3v) is 6.74. The van der Waals surface area contributed by atoms with Gasteiger partial charge in [0.2, 0.25) is 0 Å². The van der Waals surface area contributed by atoms with Gasteiger partial charge in [-0.15, -0.1) is 0 Å². The zero-order valence-corrected chi connectivity index (χ0v) is 17.3. The lowest BCUT2D eigenvalue weighted by Gasteiger charge is -2.37. The molecule has 0 bridgehead atoms. The summed E-state index contributed by atoms with van der Waals surface area (Å²) in [6.07, 6.45) is 1.77. The van der Waals surface area contributed by atoms with Gasteiger partial charge in [0.1, 0.15) is 23.9 Å². The van der Waals surface area contributed by atoms with Gasteiger partial charge in [0.15, 0.2) is 5.60 Å². The van der Waals surface area contributed by atoms with Crippen LogP contribution in [0.2, 0.25) is 0 Å². The maximum Gasteiger partial charge on any atom is 0.257 e.